The van der Waals surface area contributed by atoms with Crippen molar-refractivity contribution < 1.29 is 18.1 Å². The molecule has 1 aliphatic rings. The molecule has 2 aromatic rings. The average Bonchev–Trinajstić information content (AvgIpc) is 2.59. The van der Waals surface area contributed by atoms with Gasteiger partial charge in [-0.05, 0) is 29.8 Å². The van der Waals surface area contributed by atoms with Gasteiger partial charge in [-0.25, -0.2) is 13.1 Å². The lowest BCUT2D eigenvalue weighted by Gasteiger charge is -2.23. The summed E-state index contributed by atoms with van der Waals surface area (Å²) in [5.41, 5.74) is 1.17. The number of fused-ring (bicyclic) bond motifs is 1. The van der Waals surface area contributed by atoms with Gasteiger partial charge in [-0.3, -0.25) is 0 Å². The van der Waals surface area contributed by atoms with Crippen molar-refractivity contribution in [2.75, 3.05) is 39.4 Å². The first-order valence-electron chi connectivity index (χ1n) is 8.46. The van der Waals surface area contributed by atoms with Gasteiger partial charge in [-0.1, -0.05) is 29.8 Å². The van der Waals surface area contributed by atoms with Gasteiger partial charge in [-0.2, -0.15) is 0 Å². The number of morpholine rings is 1. The SMILES string of the molecule is Cc1ccc2cc(S(=O)(=O)NCCC[NH+]3CCOCC3)ccc2c1. The van der Waals surface area contributed by atoms with E-state index >= 15 is 0 Å². The maximum atomic E-state index is 12.5. The second-order valence-electron chi connectivity index (χ2n) is 6.38. The minimum Gasteiger partial charge on any atom is -0.370 e. The standard InChI is InChI=1S/C18H24N2O3S/c1-15-3-4-17-14-18(6-5-16(17)13-15)24(21,22)19-7-2-8-20-9-11-23-12-10-20/h3-6,13-14,19H,2,7-12H2,1H3/p+1. The van der Waals surface area contributed by atoms with Crippen molar-refractivity contribution in [1.29, 1.82) is 0 Å². The molecule has 24 heavy (non-hydrogen) atoms. The van der Waals surface area contributed by atoms with E-state index in [4.69, 9.17) is 4.74 Å². The lowest BCUT2D eigenvalue weighted by molar-refractivity contribution is -0.908. The average molecular weight is 349 g/mol. The van der Waals surface area contributed by atoms with Crippen molar-refractivity contribution >= 4 is 20.8 Å². The molecule has 3 rings (SSSR count). The first-order valence-corrected chi connectivity index (χ1v) is 9.94. The van der Waals surface area contributed by atoms with Gasteiger partial charge in [0.1, 0.15) is 13.1 Å². The summed E-state index contributed by atoms with van der Waals surface area (Å²) in [7, 11) is -3.45. The molecule has 2 aromatic carbocycles. The number of hydrogen-bond acceptors (Lipinski definition) is 3. The zero-order valence-electron chi connectivity index (χ0n) is 14.0. The van der Waals surface area contributed by atoms with Gasteiger partial charge in [0, 0.05) is 13.0 Å². The lowest BCUT2D eigenvalue weighted by Crippen LogP contribution is -3.14. The molecule has 0 spiro atoms. The molecule has 0 radical (unpaired) electrons. The van der Waals surface area contributed by atoms with Crippen LogP contribution in [-0.2, 0) is 14.8 Å². The third-order valence-corrected chi connectivity index (χ3v) is 5.94. The molecular formula is C18H25N2O3S+. The van der Waals surface area contributed by atoms with E-state index in [1.54, 1.807) is 12.1 Å². The molecule has 5 nitrogen and oxygen atoms in total. The van der Waals surface area contributed by atoms with Crippen molar-refractivity contribution in [1.82, 2.24) is 4.72 Å². The van der Waals surface area contributed by atoms with Crippen LogP contribution in [0.2, 0.25) is 0 Å². The van der Waals surface area contributed by atoms with Gasteiger partial charge in [-0.15, -0.1) is 0 Å². The van der Waals surface area contributed by atoms with E-state index in [-0.39, 0.29) is 0 Å². The Labute approximate surface area is 143 Å². The smallest absolute Gasteiger partial charge is 0.240 e. The molecule has 0 aromatic heterocycles. The van der Waals surface area contributed by atoms with Crippen LogP contribution in [0.25, 0.3) is 10.8 Å². The van der Waals surface area contributed by atoms with Gasteiger partial charge in [0.2, 0.25) is 10.0 Å². The number of ether oxygens (including phenoxy) is 1. The summed E-state index contributed by atoms with van der Waals surface area (Å²) in [4.78, 5) is 1.82. The zero-order valence-corrected chi connectivity index (χ0v) is 14.9. The Bertz CT molecular complexity index is 799. The van der Waals surface area contributed by atoms with Gasteiger partial charge < -0.3 is 9.64 Å². The summed E-state index contributed by atoms with van der Waals surface area (Å²) in [6.07, 6.45) is 0.835. The molecule has 1 fully saturated rings. The minimum atomic E-state index is -3.45. The quantitative estimate of drug-likeness (QED) is 0.756. The van der Waals surface area contributed by atoms with E-state index in [9.17, 15) is 8.42 Å². The van der Waals surface area contributed by atoms with Crippen molar-refractivity contribution in [2.45, 2.75) is 18.2 Å². The Morgan fingerprint density at radius 2 is 1.79 bits per heavy atom. The van der Waals surface area contributed by atoms with Gasteiger partial charge in [0.15, 0.2) is 0 Å². The maximum absolute atomic E-state index is 12.5. The van der Waals surface area contributed by atoms with Gasteiger partial charge in [0.25, 0.3) is 0 Å². The molecule has 0 unspecified atom stereocenters. The molecule has 0 atom stereocenters. The Balaban J connectivity index is 1.59. The van der Waals surface area contributed by atoms with Crippen LogP contribution in [0.15, 0.2) is 41.3 Å². The number of quaternary nitrogens is 1. The third-order valence-electron chi connectivity index (χ3n) is 4.48. The summed E-state index contributed by atoms with van der Waals surface area (Å²) < 4.78 is 33.0. The predicted octanol–water partition coefficient (Wildman–Crippen LogP) is 0.732. The molecule has 0 amide bonds. The zero-order chi connectivity index (χ0) is 17.0. The number of hydrogen-bond donors (Lipinski definition) is 2. The Morgan fingerprint density at radius 3 is 2.58 bits per heavy atom. The molecular weight excluding hydrogens is 324 g/mol. The number of benzene rings is 2. The molecule has 1 heterocycles. The molecule has 2 N–H and O–H groups in total. The summed E-state index contributed by atoms with van der Waals surface area (Å²) in [5.74, 6) is 0. The van der Waals surface area contributed by atoms with Crippen LogP contribution in [0.5, 0.6) is 0 Å². The molecule has 0 saturated carbocycles. The molecule has 6 heteroatoms. The molecule has 130 valence electrons. The highest BCUT2D eigenvalue weighted by atomic mass is 32.2. The second-order valence-corrected chi connectivity index (χ2v) is 8.14. The Kier molecular flexibility index (Phi) is 5.50. The fourth-order valence-corrected chi connectivity index (χ4v) is 4.16. The van der Waals surface area contributed by atoms with E-state index in [1.165, 1.54) is 10.5 Å². The van der Waals surface area contributed by atoms with Crippen molar-refractivity contribution in [3.63, 3.8) is 0 Å². The Morgan fingerprint density at radius 1 is 1.08 bits per heavy atom. The third kappa shape index (κ3) is 4.33. The number of aryl methyl sites for hydroxylation is 1. The highest BCUT2D eigenvalue weighted by Gasteiger charge is 2.16. The highest BCUT2D eigenvalue weighted by Crippen LogP contribution is 2.20. The molecule has 0 bridgehead atoms. The summed E-state index contributed by atoms with van der Waals surface area (Å²) in [6, 6.07) is 11.3. The van der Waals surface area contributed by atoms with Gasteiger partial charge in [0.05, 0.1) is 24.7 Å². The largest absolute Gasteiger partial charge is 0.370 e. The fourth-order valence-electron chi connectivity index (χ4n) is 3.05. The van der Waals surface area contributed by atoms with Crippen molar-refractivity contribution in [3.05, 3.63) is 42.0 Å². The van der Waals surface area contributed by atoms with E-state index in [0.29, 0.717) is 11.4 Å². The normalized spacial score (nSPS) is 16.5. The van der Waals surface area contributed by atoms with E-state index in [1.807, 2.05) is 25.1 Å². The van der Waals surface area contributed by atoms with Crippen LogP contribution < -0.4 is 9.62 Å². The maximum Gasteiger partial charge on any atom is 0.240 e. The first kappa shape index (κ1) is 17.4. The van der Waals surface area contributed by atoms with E-state index in [2.05, 4.69) is 10.8 Å². The second kappa shape index (κ2) is 7.61. The Hall–Kier alpha value is -1.47. The minimum absolute atomic E-state index is 0.331. The number of sulfonamides is 1. The molecule has 0 aliphatic carbocycles. The summed E-state index contributed by atoms with van der Waals surface area (Å²) in [5, 5.41) is 2.01. The van der Waals surface area contributed by atoms with Crippen LogP contribution in [0.1, 0.15) is 12.0 Å². The fraction of sp³-hybridized carbons (Fsp3) is 0.444. The van der Waals surface area contributed by atoms with E-state index in [0.717, 1.165) is 50.0 Å². The number of rotatable bonds is 6. The predicted molar refractivity (Wildman–Crippen MR) is 94.9 cm³/mol. The van der Waals surface area contributed by atoms with Crippen LogP contribution in [0, 0.1) is 6.92 Å². The van der Waals surface area contributed by atoms with Crippen LogP contribution in [0.4, 0.5) is 0 Å². The van der Waals surface area contributed by atoms with Crippen molar-refractivity contribution in [3.8, 4) is 0 Å². The lowest BCUT2D eigenvalue weighted by atomic mass is 10.1. The summed E-state index contributed by atoms with van der Waals surface area (Å²) in [6.45, 7) is 7.10. The van der Waals surface area contributed by atoms with Crippen LogP contribution >= 0.6 is 0 Å². The van der Waals surface area contributed by atoms with E-state index < -0.39 is 10.0 Å². The first-order chi connectivity index (χ1) is 11.5. The topological polar surface area (TPSA) is 59.8 Å². The molecule has 1 aliphatic heterocycles. The van der Waals surface area contributed by atoms with Crippen LogP contribution in [-0.4, -0.2) is 47.8 Å². The monoisotopic (exact) mass is 349 g/mol. The van der Waals surface area contributed by atoms with Crippen molar-refractivity contribution in [2.24, 2.45) is 0 Å². The number of nitrogens with one attached hydrogen (secondary N) is 2. The summed E-state index contributed by atoms with van der Waals surface area (Å²) >= 11 is 0. The van der Waals surface area contributed by atoms with Crippen LogP contribution in [0.3, 0.4) is 0 Å². The highest BCUT2D eigenvalue weighted by molar-refractivity contribution is 7.89. The molecule has 1 saturated heterocycles. The van der Waals surface area contributed by atoms with Gasteiger partial charge >= 0.3 is 0 Å².